The molecule has 0 aliphatic rings. The molecular formula is C31H24BrN3O. The Balaban J connectivity index is 1.58. The maximum absolute atomic E-state index is 12.5. The van der Waals surface area contributed by atoms with Gasteiger partial charge >= 0.3 is 0 Å². The molecule has 36 heavy (non-hydrogen) atoms. The van der Waals surface area contributed by atoms with Crippen molar-refractivity contribution in [1.29, 1.82) is 0 Å². The molecule has 0 aliphatic heterocycles. The summed E-state index contributed by atoms with van der Waals surface area (Å²) in [5.74, 6) is -0.158. The SMILES string of the molecule is O=C(Cc1ccccc1)N/N=C\c1cc(-c2ccccc2)n(-c2ccc(Br)cc2)c1-c1ccccc1. The molecule has 4 nitrogen and oxygen atoms in total. The maximum atomic E-state index is 12.5. The number of amides is 1. The predicted octanol–water partition coefficient (Wildman–Crippen LogP) is 7.27. The van der Waals surface area contributed by atoms with E-state index in [1.165, 1.54) is 0 Å². The first-order valence-electron chi connectivity index (χ1n) is 11.7. The average Bonchev–Trinajstić information content (AvgIpc) is 3.30. The second-order valence-electron chi connectivity index (χ2n) is 8.33. The number of nitrogens with zero attached hydrogens (tertiary/aromatic N) is 2. The number of benzene rings is 4. The van der Waals surface area contributed by atoms with Crippen LogP contribution in [0.5, 0.6) is 0 Å². The van der Waals surface area contributed by atoms with Crippen molar-refractivity contribution in [3.05, 3.63) is 137 Å². The van der Waals surface area contributed by atoms with Crippen molar-refractivity contribution in [3.8, 4) is 28.2 Å². The zero-order valence-corrected chi connectivity index (χ0v) is 21.1. The van der Waals surface area contributed by atoms with Gasteiger partial charge in [0.05, 0.1) is 24.0 Å². The van der Waals surface area contributed by atoms with Gasteiger partial charge in [0.1, 0.15) is 0 Å². The summed E-state index contributed by atoms with van der Waals surface area (Å²) in [5, 5.41) is 4.33. The number of hydrazone groups is 1. The lowest BCUT2D eigenvalue weighted by Gasteiger charge is -2.15. The normalized spacial score (nSPS) is 11.0. The van der Waals surface area contributed by atoms with Crippen LogP contribution < -0.4 is 5.43 Å². The van der Waals surface area contributed by atoms with Crippen LogP contribution in [-0.4, -0.2) is 16.7 Å². The number of halogens is 1. The summed E-state index contributed by atoms with van der Waals surface area (Å²) in [5.41, 5.74) is 9.75. The number of carbonyl (C=O) groups excluding carboxylic acids is 1. The Bertz CT molecular complexity index is 1480. The fourth-order valence-electron chi connectivity index (χ4n) is 4.19. The second-order valence-corrected chi connectivity index (χ2v) is 9.25. The minimum absolute atomic E-state index is 0.158. The third-order valence-electron chi connectivity index (χ3n) is 5.83. The summed E-state index contributed by atoms with van der Waals surface area (Å²) in [6, 6.07) is 40.5. The van der Waals surface area contributed by atoms with Crippen LogP contribution in [0.4, 0.5) is 0 Å². The van der Waals surface area contributed by atoms with Gasteiger partial charge in [0.2, 0.25) is 5.91 Å². The van der Waals surface area contributed by atoms with Crippen LogP contribution in [-0.2, 0) is 11.2 Å². The highest BCUT2D eigenvalue weighted by molar-refractivity contribution is 9.10. The number of hydrogen-bond acceptors (Lipinski definition) is 2. The van der Waals surface area contributed by atoms with Crippen LogP contribution in [0.25, 0.3) is 28.2 Å². The number of rotatable bonds is 7. The monoisotopic (exact) mass is 533 g/mol. The van der Waals surface area contributed by atoms with E-state index in [4.69, 9.17) is 0 Å². The summed E-state index contributed by atoms with van der Waals surface area (Å²) in [4.78, 5) is 12.5. The molecule has 0 fully saturated rings. The van der Waals surface area contributed by atoms with Crippen molar-refractivity contribution in [2.75, 3.05) is 0 Å². The van der Waals surface area contributed by atoms with Gasteiger partial charge in [-0.2, -0.15) is 5.10 Å². The third kappa shape index (κ3) is 5.37. The fourth-order valence-corrected chi connectivity index (χ4v) is 4.46. The summed E-state index contributed by atoms with van der Waals surface area (Å²) in [6.07, 6.45) is 2.01. The van der Waals surface area contributed by atoms with Crippen LogP contribution in [0.1, 0.15) is 11.1 Å². The van der Waals surface area contributed by atoms with Gasteiger partial charge in [0, 0.05) is 15.7 Å². The van der Waals surface area contributed by atoms with Gasteiger partial charge in [0.25, 0.3) is 0 Å². The zero-order valence-electron chi connectivity index (χ0n) is 19.5. The molecule has 0 spiro atoms. The molecule has 0 unspecified atom stereocenters. The summed E-state index contributed by atoms with van der Waals surface area (Å²) in [7, 11) is 0. The van der Waals surface area contributed by atoms with E-state index in [0.29, 0.717) is 0 Å². The van der Waals surface area contributed by atoms with Crippen LogP contribution in [0.3, 0.4) is 0 Å². The minimum Gasteiger partial charge on any atom is -0.309 e. The summed E-state index contributed by atoms with van der Waals surface area (Å²) >= 11 is 3.55. The largest absolute Gasteiger partial charge is 0.309 e. The van der Waals surface area contributed by atoms with E-state index < -0.39 is 0 Å². The molecule has 0 saturated carbocycles. The Labute approximate surface area is 219 Å². The van der Waals surface area contributed by atoms with Gasteiger partial charge in [-0.3, -0.25) is 4.79 Å². The fraction of sp³-hybridized carbons (Fsp3) is 0.0323. The van der Waals surface area contributed by atoms with Gasteiger partial charge in [-0.15, -0.1) is 0 Å². The lowest BCUT2D eigenvalue weighted by Crippen LogP contribution is -2.19. The molecule has 1 N–H and O–H groups in total. The molecular weight excluding hydrogens is 510 g/mol. The Morgan fingerprint density at radius 3 is 2.00 bits per heavy atom. The average molecular weight is 534 g/mol. The smallest absolute Gasteiger partial charge is 0.244 e. The molecule has 5 rings (SSSR count). The van der Waals surface area contributed by atoms with Crippen LogP contribution in [0, 0.1) is 0 Å². The number of nitrogens with one attached hydrogen (secondary N) is 1. The van der Waals surface area contributed by atoms with E-state index in [1.54, 1.807) is 6.21 Å². The maximum Gasteiger partial charge on any atom is 0.244 e. The lowest BCUT2D eigenvalue weighted by atomic mass is 10.1. The van der Waals surface area contributed by atoms with E-state index >= 15 is 0 Å². The summed E-state index contributed by atoms with van der Waals surface area (Å²) in [6.45, 7) is 0. The molecule has 0 aliphatic carbocycles. The Hall–Kier alpha value is -4.22. The van der Waals surface area contributed by atoms with Crippen LogP contribution in [0.15, 0.2) is 131 Å². The quantitative estimate of drug-likeness (QED) is 0.173. The van der Waals surface area contributed by atoms with Gasteiger partial charge in [0.15, 0.2) is 0 Å². The molecule has 1 amide bonds. The Morgan fingerprint density at radius 2 is 1.36 bits per heavy atom. The van der Waals surface area contributed by atoms with E-state index in [9.17, 15) is 4.79 Å². The summed E-state index contributed by atoms with van der Waals surface area (Å²) < 4.78 is 3.26. The highest BCUT2D eigenvalue weighted by Crippen LogP contribution is 2.35. The number of carbonyl (C=O) groups is 1. The molecule has 176 valence electrons. The van der Waals surface area contributed by atoms with Gasteiger partial charge < -0.3 is 4.57 Å². The second kappa shape index (κ2) is 11.0. The Kier molecular flexibility index (Phi) is 7.20. The van der Waals surface area contributed by atoms with E-state index in [2.05, 4.69) is 73.5 Å². The molecule has 4 aromatic carbocycles. The standard InChI is InChI=1S/C31H24BrN3O/c32-27-16-18-28(19-17-27)35-29(24-12-6-2-7-13-24)21-26(31(35)25-14-8-3-9-15-25)22-33-34-30(36)20-23-10-4-1-5-11-23/h1-19,21-22H,20H2,(H,34,36)/b33-22-. The number of aromatic nitrogens is 1. The van der Waals surface area contributed by atoms with Crippen molar-refractivity contribution in [2.24, 2.45) is 5.10 Å². The Morgan fingerprint density at radius 1 is 0.778 bits per heavy atom. The first kappa shape index (κ1) is 23.5. The van der Waals surface area contributed by atoms with Crippen LogP contribution >= 0.6 is 15.9 Å². The first-order chi connectivity index (χ1) is 17.7. The molecule has 1 heterocycles. The highest BCUT2D eigenvalue weighted by Gasteiger charge is 2.18. The van der Waals surface area contributed by atoms with Gasteiger partial charge in [-0.05, 0) is 47.0 Å². The van der Waals surface area contributed by atoms with Crippen molar-refractivity contribution >= 4 is 28.1 Å². The molecule has 5 heteroatoms. The van der Waals surface area contributed by atoms with Crippen molar-refractivity contribution in [1.82, 2.24) is 9.99 Å². The van der Waals surface area contributed by atoms with Crippen molar-refractivity contribution in [2.45, 2.75) is 6.42 Å². The molecule has 1 aromatic heterocycles. The van der Waals surface area contributed by atoms with Crippen molar-refractivity contribution < 1.29 is 4.79 Å². The third-order valence-corrected chi connectivity index (χ3v) is 6.36. The molecule has 0 bridgehead atoms. The zero-order chi connectivity index (χ0) is 24.7. The molecule has 0 atom stereocenters. The van der Waals surface area contributed by atoms with E-state index in [0.717, 1.165) is 43.8 Å². The molecule has 0 radical (unpaired) electrons. The van der Waals surface area contributed by atoms with Crippen LogP contribution in [0.2, 0.25) is 0 Å². The highest BCUT2D eigenvalue weighted by atomic mass is 79.9. The molecule has 5 aromatic rings. The lowest BCUT2D eigenvalue weighted by molar-refractivity contribution is -0.120. The predicted molar refractivity (Wildman–Crippen MR) is 150 cm³/mol. The van der Waals surface area contributed by atoms with Crippen molar-refractivity contribution in [3.63, 3.8) is 0 Å². The number of hydrogen-bond donors (Lipinski definition) is 1. The molecule has 0 saturated heterocycles. The van der Waals surface area contributed by atoms with E-state index in [1.807, 2.05) is 78.9 Å². The van der Waals surface area contributed by atoms with E-state index in [-0.39, 0.29) is 12.3 Å². The first-order valence-corrected chi connectivity index (χ1v) is 12.5. The minimum atomic E-state index is -0.158. The topological polar surface area (TPSA) is 46.4 Å². The van der Waals surface area contributed by atoms with Gasteiger partial charge in [-0.25, -0.2) is 5.43 Å². The van der Waals surface area contributed by atoms with Gasteiger partial charge in [-0.1, -0.05) is 107 Å².